The largest absolute Gasteiger partial charge is 0.373 e. The van der Waals surface area contributed by atoms with Crippen molar-refractivity contribution in [2.24, 2.45) is 0 Å². The fraction of sp³-hybridized carbons (Fsp3) is 0.750. The van der Waals surface area contributed by atoms with Crippen LogP contribution in [0, 0.1) is 0 Å². The molecular weight excluding hydrogens is 400 g/mol. The molecule has 0 aromatic heterocycles. The summed E-state index contributed by atoms with van der Waals surface area (Å²) in [6.07, 6.45) is 3.16. The van der Waals surface area contributed by atoms with Gasteiger partial charge in [-0.25, -0.2) is 0 Å². The topological polar surface area (TPSA) is 46.2 Å². The van der Waals surface area contributed by atoms with Crippen LogP contribution < -0.4 is 0 Å². The van der Waals surface area contributed by atoms with Crippen molar-refractivity contribution in [2.75, 3.05) is 19.8 Å². The summed E-state index contributed by atoms with van der Waals surface area (Å²) in [5.41, 5.74) is 0.931. The Morgan fingerprint density at radius 3 is 2.27 bits per heavy atom. The van der Waals surface area contributed by atoms with Gasteiger partial charge in [-0.2, -0.15) is 0 Å². The van der Waals surface area contributed by atoms with Gasteiger partial charge in [-0.15, -0.1) is 11.8 Å². The van der Waals surface area contributed by atoms with Gasteiger partial charge in [0.25, 0.3) is 0 Å². The van der Waals surface area contributed by atoms with Gasteiger partial charge in [0.2, 0.25) is 0 Å². The van der Waals surface area contributed by atoms with Gasteiger partial charge in [-0.1, -0.05) is 70.9 Å². The predicted molar refractivity (Wildman–Crippen MR) is 121 cm³/mol. The van der Waals surface area contributed by atoms with E-state index in [2.05, 4.69) is 27.7 Å². The van der Waals surface area contributed by atoms with Crippen molar-refractivity contribution in [3.63, 3.8) is 0 Å². The van der Waals surface area contributed by atoms with Crippen LogP contribution in [0.2, 0.25) is 0 Å². The van der Waals surface area contributed by atoms with E-state index in [0.29, 0.717) is 25.1 Å². The third-order valence-corrected chi connectivity index (χ3v) is 6.57. The second-order valence-corrected chi connectivity index (χ2v) is 9.96. The molecule has 6 heteroatoms. The fourth-order valence-electron chi connectivity index (χ4n) is 3.80. The van der Waals surface area contributed by atoms with Gasteiger partial charge in [0.1, 0.15) is 29.9 Å². The SMILES string of the molecule is CCCCOC1C(SC(C)C)OC2COC(c3ccccc3)OC2C1OCCCC. The predicted octanol–water partition coefficient (Wildman–Crippen LogP) is 5.34. The minimum Gasteiger partial charge on any atom is -0.373 e. The Hall–Kier alpha value is -0.630. The van der Waals surface area contributed by atoms with E-state index in [1.54, 1.807) is 11.8 Å². The highest BCUT2D eigenvalue weighted by atomic mass is 32.2. The van der Waals surface area contributed by atoms with Gasteiger partial charge in [0.15, 0.2) is 6.29 Å². The summed E-state index contributed by atoms with van der Waals surface area (Å²) in [6, 6.07) is 10.1. The summed E-state index contributed by atoms with van der Waals surface area (Å²) in [5.74, 6) is 0. The van der Waals surface area contributed by atoms with Crippen LogP contribution in [-0.4, -0.2) is 54.9 Å². The average Bonchev–Trinajstić information content (AvgIpc) is 2.75. The second-order valence-electron chi connectivity index (χ2n) is 8.28. The highest BCUT2D eigenvalue weighted by Gasteiger charge is 2.51. The average molecular weight is 439 g/mol. The minimum atomic E-state index is -0.404. The van der Waals surface area contributed by atoms with Gasteiger partial charge in [0, 0.05) is 24.0 Å². The van der Waals surface area contributed by atoms with E-state index in [9.17, 15) is 0 Å². The standard InChI is InChI=1S/C24H38O5S/c1-5-7-14-25-21-20-19(16-27-23(29-20)18-12-10-9-11-13-18)28-24(30-17(3)4)22(21)26-15-8-6-2/h9-13,17,19-24H,5-8,14-16H2,1-4H3. The molecule has 1 aromatic carbocycles. The molecule has 2 aliphatic rings. The van der Waals surface area contributed by atoms with E-state index in [-0.39, 0.29) is 29.9 Å². The lowest BCUT2D eigenvalue weighted by atomic mass is 9.98. The third-order valence-electron chi connectivity index (χ3n) is 5.38. The first-order chi connectivity index (χ1) is 14.6. The van der Waals surface area contributed by atoms with Gasteiger partial charge in [-0.05, 0) is 12.8 Å². The molecule has 170 valence electrons. The summed E-state index contributed by atoms with van der Waals surface area (Å²) < 4.78 is 31.8. The van der Waals surface area contributed by atoms with E-state index < -0.39 is 6.29 Å². The Morgan fingerprint density at radius 2 is 1.63 bits per heavy atom. The smallest absolute Gasteiger partial charge is 0.184 e. The molecule has 2 aliphatic heterocycles. The number of hydrogen-bond acceptors (Lipinski definition) is 6. The van der Waals surface area contributed by atoms with Gasteiger partial charge >= 0.3 is 0 Å². The Kier molecular flexibility index (Phi) is 9.94. The lowest BCUT2D eigenvalue weighted by Crippen LogP contribution is -2.62. The van der Waals surface area contributed by atoms with E-state index in [1.165, 1.54) is 0 Å². The maximum absolute atomic E-state index is 6.47. The summed E-state index contributed by atoms with van der Waals surface area (Å²) in [5, 5.41) is 0.433. The fourth-order valence-corrected chi connectivity index (χ4v) is 4.93. The maximum Gasteiger partial charge on any atom is 0.184 e. The molecule has 3 rings (SSSR count). The zero-order chi connectivity index (χ0) is 21.3. The van der Waals surface area contributed by atoms with Crippen molar-refractivity contribution >= 4 is 11.8 Å². The lowest BCUT2D eigenvalue weighted by Gasteiger charge is -2.49. The van der Waals surface area contributed by atoms with Crippen LogP contribution in [0.3, 0.4) is 0 Å². The third kappa shape index (κ3) is 6.44. The number of unbranched alkanes of at least 4 members (excludes halogenated alkanes) is 2. The van der Waals surface area contributed by atoms with Crippen molar-refractivity contribution in [1.29, 1.82) is 0 Å². The zero-order valence-electron chi connectivity index (χ0n) is 18.8. The molecular formula is C24H38O5S. The molecule has 0 aliphatic carbocycles. The normalized spacial score (nSPS) is 31.6. The highest BCUT2D eigenvalue weighted by Crippen LogP contribution is 2.40. The molecule has 0 N–H and O–H groups in total. The second kappa shape index (κ2) is 12.4. The Morgan fingerprint density at radius 1 is 0.967 bits per heavy atom. The van der Waals surface area contributed by atoms with Crippen LogP contribution in [0.1, 0.15) is 65.2 Å². The van der Waals surface area contributed by atoms with Crippen LogP contribution >= 0.6 is 11.8 Å². The first-order valence-corrected chi connectivity index (χ1v) is 12.4. The van der Waals surface area contributed by atoms with Crippen molar-refractivity contribution in [3.05, 3.63) is 35.9 Å². The molecule has 1 aromatic rings. The molecule has 6 unspecified atom stereocenters. The Bertz CT molecular complexity index is 599. The van der Waals surface area contributed by atoms with Crippen LogP contribution in [0.15, 0.2) is 30.3 Å². The molecule has 5 nitrogen and oxygen atoms in total. The number of rotatable bonds is 11. The van der Waals surface area contributed by atoms with Crippen molar-refractivity contribution in [1.82, 2.24) is 0 Å². The number of benzene rings is 1. The summed E-state index contributed by atoms with van der Waals surface area (Å²) >= 11 is 1.80. The molecule has 2 heterocycles. The van der Waals surface area contributed by atoms with Crippen LogP contribution in [0.5, 0.6) is 0 Å². The van der Waals surface area contributed by atoms with E-state index in [1.807, 2.05) is 30.3 Å². The molecule has 0 amide bonds. The van der Waals surface area contributed by atoms with Crippen molar-refractivity contribution in [3.8, 4) is 0 Å². The Labute approximate surface area is 186 Å². The first-order valence-electron chi connectivity index (χ1n) is 11.5. The monoisotopic (exact) mass is 438 g/mol. The molecule has 6 atom stereocenters. The van der Waals surface area contributed by atoms with Crippen molar-refractivity contribution < 1.29 is 23.7 Å². The number of thioether (sulfide) groups is 1. The van der Waals surface area contributed by atoms with Gasteiger partial charge in [-0.3, -0.25) is 0 Å². The highest BCUT2D eigenvalue weighted by molar-refractivity contribution is 8.00. The number of fused-ring (bicyclic) bond motifs is 1. The van der Waals surface area contributed by atoms with Crippen molar-refractivity contribution in [2.45, 2.75) is 94.8 Å². The first kappa shape index (κ1) is 24.0. The maximum atomic E-state index is 6.47. The van der Waals surface area contributed by atoms with E-state index in [0.717, 1.165) is 31.2 Å². The molecule has 0 saturated carbocycles. The van der Waals surface area contributed by atoms with Crippen LogP contribution in [-0.2, 0) is 23.7 Å². The summed E-state index contributed by atoms with van der Waals surface area (Å²) in [6.45, 7) is 10.7. The zero-order valence-corrected chi connectivity index (χ0v) is 19.6. The molecule has 0 spiro atoms. The summed E-state index contributed by atoms with van der Waals surface area (Å²) in [4.78, 5) is 0. The molecule has 2 fully saturated rings. The summed E-state index contributed by atoms with van der Waals surface area (Å²) in [7, 11) is 0. The number of hydrogen-bond donors (Lipinski definition) is 0. The van der Waals surface area contributed by atoms with Gasteiger partial charge in [0.05, 0.1) is 6.61 Å². The molecule has 0 radical (unpaired) electrons. The van der Waals surface area contributed by atoms with Crippen LogP contribution in [0.4, 0.5) is 0 Å². The number of ether oxygens (including phenoxy) is 5. The lowest BCUT2D eigenvalue weighted by molar-refractivity contribution is -0.327. The van der Waals surface area contributed by atoms with E-state index >= 15 is 0 Å². The minimum absolute atomic E-state index is 0.0878. The van der Waals surface area contributed by atoms with E-state index in [4.69, 9.17) is 23.7 Å². The molecule has 0 bridgehead atoms. The quantitative estimate of drug-likeness (QED) is 0.435. The Balaban J connectivity index is 1.80. The molecule has 2 saturated heterocycles. The van der Waals surface area contributed by atoms with Gasteiger partial charge < -0.3 is 23.7 Å². The molecule has 30 heavy (non-hydrogen) atoms. The van der Waals surface area contributed by atoms with Crippen LogP contribution in [0.25, 0.3) is 0 Å².